The molecule has 0 saturated heterocycles. The van der Waals surface area contributed by atoms with Crippen molar-refractivity contribution in [1.29, 1.82) is 0 Å². The van der Waals surface area contributed by atoms with E-state index >= 15 is 0 Å². The minimum Gasteiger partial charge on any atom is -0.352 e. The maximum Gasteiger partial charge on any atom is 0.274 e. The molecule has 2 amide bonds. The minimum absolute atomic E-state index is 0.191. The number of amides is 2. The van der Waals surface area contributed by atoms with Crippen molar-refractivity contribution in [2.45, 2.75) is 34.1 Å². The second-order valence-corrected chi connectivity index (χ2v) is 6.62. The van der Waals surface area contributed by atoms with Crippen molar-refractivity contribution >= 4 is 17.5 Å². The van der Waals surface area contributed by atoms with Gasteiger partial charge in [-0.3, -0.25) is 14.6 Å². The van der Waals surface area contributed by atoms with Crippen molar-refractivity contribution in [1.82, 2.24) is 10.3 Å². The smallest absolute Gasteiger partial charge is 0.274 e. The van der Waals surface area contributed by atoms with E-state index in [-0.39, 0.29) is 17.5 Å². The van der Waals surface area contributed by atoms with Crippen LogP contribution in [0.1, 0.15) is 52.2 Å². The van der Waals surface area contributed by atoms with Crippen LogP contribution in [0.15, 0.2) is 36.5 Å². The van der Waals surface area contributed by atoms with E-state index in [0.717, 1.165) is 17.5 Å². The summed E-state index contributed by atoms with van der Waals surface area (Å²) in [6, 6.07) is 8.84. The molecule has 0 spiro atoms. The fourth-order valence-electron chi connectivity index (χ4n) is 2.29. The van der Waals surface area contributed by atoms with Gasteiger partial charge in [0.1, 0.15) is 5.69 Å². The maximum absolute atomic E-state index is 12.4. The van der Waals surface area contributed by atoms with E-state index in [1.807, 2.05) is 32.0 Å². The molecule has 1 aromatic carbocycles. The lowest BCUT2D eigenvalue weighted by Crippen LogP contribution is -2.26. The van der Waals surface area contributed by atoms with Crippen LogP contribution in [0, 0.1) is 19.8 Å². The maximum atomic E-state index is 12.4. The molecule has 0 aliphatic heterocycles. The van der Waals surface area contributed by atoms with Crippen LogP contribution in [0.5, 0.6) is 0 Å². The van der Waals surface area contributed by atoms with Crippen molar-refractivity contribution in [3.8, 4) is 0 Å². The largest absolute Gasteiger partial charge is 0.352 e. The van der Waals surface area contributed by atoms with E-state index in [0.29, 0.717) is 23.7 Å². The number of nitrogens with one attached hydrogen (secondary N) is 2. The lowest BCUT2D eigenvalue weighted by Gasteiger charge is -2.09. The molecule has 0 aliphatic carbocycles. The summed E-state index contributed by atoms with van der Waals surface area (Å²) in [5, 5.41) is 5.68. The molecule has 0 atom stereocenters. The molecule has 0 bridgehead atoms. The number of carbonyl (C=O) groups excluding carboxylic acids is 2. The zero-order valence-corrected chi connectivity index (χ0v) is 15.2. The summed E-state index contributed by atoms with van der Waals surface area (Å²) in [5.74, 6) is 0.000378. The molecule has 0 fully saturated rings. The predicted octanol–water partition coefficient (Wildman–Crippen LogP) is 3.73. The number of aromatic nitrogens is 1. The van der Waals surface area contributed by atoms with Gasteiger partial charge in [-0.2, -0.15) is 0 Å². The summed E-state index contributed by atoms with van der Waals surface area (Å²) in [6.07, 6.45) is 2.39. The Morgan fingerprint density at radius 3 is 2.48 bits per heavy atom. The number of pyridine rings is 1. The zero-order valence-electron chi connectivity index (χ0n) is 15.2. The van der Waals surface area contributed by atoms with Gasteiger partial charge in [-0.1, -0.05) is 19.9 Å². The summed E-state index contributed by atoms with van der Waals surface area (Å²) < 4.78 is 0. The monoisotopic (exact) mass is 339 g/mol. The Bertz CT molecular complexity index is 769. The number of aryl methyl sites for hydroxylation is 2. The van der Waals surface area contributed by atoms with E-state index in [9.17, 15) is 9.59 Å². The fourth-order valence-corrected chi connectivity index (χ4v) is 2.29. The minimum atomic E-state index is -0.333. The molecule has 2 N–H and O–H groups in total. The Balaban J connectivity index is 2.05. The van der Waals surface area contributed by atoms with E-state index in [4.69, 9.17) is 0 Å². The third-order valence-electron chi connectivity index (χ3n) is 4.03. The van der Waals surface area contributed by atoms with Crippen LogP contribution < -0.4 is 10.6 Å². The molecule has 0 aliphatic rings. The molecule has 0 saturated carbocycles. The van der Waals surface area contributed by atoms with Gasteiger partial charge in [-0.05, 0) is 61.6 Å². The van der Waals surface area contributed by atoms with Gasteiger partial charge in [-0.25, -0.2) is 0 Å². The molecule has 2 rings (SSSR count). The Kier molecular flexibility index (Phi) is 6.28. The highest BCUT2D eigenvalue weighted by Gasteiger charge is 2.12. The molecular formula is C20H25N3O2. The average Bonchev–Trinajstić information content (AvgIpc) is 2.58. The van der Waals surface area contributed by atoms with Crippen LogP contribution in [0.2, 0.25) is 0 Å². The molecule has 0 radical (unpaired) electrons. The normalized spacial score (nSPS) is 10.6. The first-order chi connectivity index (χ1) is 11.9. The van der Waals surface area contributed by atoms with Crippen LogP contribution in [-0.4, -0.2) is 23.3 Å². The lowest BCUT2D eigenvalue weighted by atomic mass is 10.1. The van der Waals surface area contributed by atoms with Crippen molar-refractivity contribution < 1.29 is 9.59 Å². The Morgan fingerprint density at radius 2 is 1.80 bits per heavy atom. The number of rotatable bonds is 6. The third kappa shape index (κ3) is 5.41. The van der Waals surface area contributed by atoms with Gasteiger partial charge in [-0.15, -0.1) is 0 Å². The first kappa shape index (κ1) is 18.6. The average molecular weight is 339 g/mol. The highest BCUT2D eigenvalue weighted by molar-refractivity contribution is 6.04. The van der Waals surface area contributed by atoms with Crippen LogP contribution in [-0.2, 0) is 0 Å². The Morgan fingerprint density at radius 1 is 1.04 bits per heavy atom. The highest BCUT2D eigenvalue weighted by atomic mass is 16.2. The molecule has 1 heterocycles. The number of benzene rings is 1. The van der Waals surface area contributed by atoms with Crippen molar-refractivity contribution in [2.75, 3.05) is 11.9 Å². The van der Waals surface area contributed by atoms with Crippen LogP contribution in [0.4, 0.5) is 5.69 Å². The SMILES string of the molecule is Cc1ccc(NC(=O)c2cc(C(=O)NCCC(C)C)ccn2)cc1C. The van der Waals surface area contributed by atoms with Gasteiger partial charge in [0.25, 0.3) is 11.8 Å². The van der Waals surface area contributed by atoms with Gasteiger partial charge in [0.05, 0.1) is 0 Å². The predicted molar refractivity (Wildman–Crippen MR) is 99.9 cm³/mol. The van der Waals surface area contributed by atoms with E-state index in [1.54, 1.807) is 6.07 Å². The van der Waals surface area contributed by atoms with Gasteiger partial charge in [0.2, 0.25) is 0 Å². The second-order valence-electron chi connectivity index (χ2n) is 6.62. The summed E-state index contributed by atoms with van der Waals surface area (Å²) in [4.78, 5) is 28.6. The molecular weight excluding hydrogens is 314 g/mol. The first-order valence-corrected chi connectivity index (χ1v) is 8.49. The number of hydrogen-bond acceptors (Lipinski definition) is 3. The summed E-state index contributed by atoms with van der Waals surface area (Å²) in [5.41, 5.74) is 3.63. The molecule has 25 heavy (non-hydrogen) atoms. The van der Waals surface area contributed by atoms with Crippen LogP contribution in [0.3, 0.4) is 0 Å². The second kappa shape index (κ2) is 8.42. The van der Waals surface area contributed by atoms with Gasteiger partial charge < -0.3 is 10.6 Å². The lowest BCUT2D eigenvalue weighted by molar-refractivity contribution is 0.0952. The summed E-state index contributed by atoms with van der Waals surface area (Å²) in [6.45, 7) is 8.83. The summed E-state index contributed by atoms with van der Waals surface area (Å²) in [7, 11) is 0. The topological polar surface area (TPSA) is 71.1 Å². The quantitative estimate of drug-likeness (QED) is 0.842. The van der Waals surface area contributed by atoms with E-state index in [1.165, 1.54) is 12.3 Å². The Hall–Kier alpha value is -2.69. The molecule has 0 unspecified atom stereocenters. The van der Waals surface area contributed by atoms with Crippen molar-refractivity contribution in [3.63, 3.8) is 0 Å². The molecule has 5 nitrogen and oxygen atoms in total. The zero-order chi connectivity index (χ0) is 18.4. The highest BCUT2D eigenvalue weighted by Crippen LogP contribution is 2.15. The van der Waals surface area contributed by atoms with Crippen LogP contribution in [0.25, 0.3) is 0 Å². The Labute approximate surface area is 148 Å². The number of hydrogen-bond donors (Lipinski definition) is 2. The van der Waals surface area contributed by atoms with Crippen molar-refractivity contribution in [3.05, 3.63) is 58.9 Å². The van der Waals surface area contributed by atoms with E-state index in [2.05, 4.69) is 29.5 Å². The summed E-state index contributed by atoms with van der Waals surface area (Å²) >= 11 is 0. The fraction of sp³-hybridized carbons (Fsp3) is 0.350. The van der Waals surface area contributed by atoms with Gasteiger partial charge >= 0.3 is 0 Å². The van der Waals surface area contributed by atoms with E-state index < -0.39 is 0 Å². The number of nitrogens with zero attached hydrogens (tertiary/aromatic N) is 1. The van der Waals surface area contributed by atoms with Crippen molar-refractivity contribution in [2.24, 2.45) is 5.92 Å². The molecule has 2 aromatic rings. The molecule has 5 heteroatoms. The molecule has 132 valence electrons. The third-order valence-corrected chi connectivity index (χ3v) is 4.03. The number of anilines is 1. The van der Waals surface area contributed by atoms with Gasteiger partial charge in [0, 0.05) is 24.0 Å². The van der Waals surface area contributed by atoms with Gasteiger partial charge in [0.15, 0.2) is 0 Å². The molecule has 1 aromatic heterocycles. The number of carbonyl (C=O) groups is 2. The standard InChI is InChI=1S/C20H25N3O2/c1-13(2)7-9-22-19(24)16-8-10-21-18(12-16)20(25)23-17-6-5-14(3)15(4)11-17/h5-6,8,10-13H,7,9H2,1-4H3,(H,22,24)(H,23,25). The van der Waals surface area contributed by atoms with Crippen LogP contribution >= 0.6 is 0 Å². The first-order valence-electron chi connectivity index (χ1n) is 8.49.